The predicted octanol–water partition coefficient (Wildman–Crippen LogP) is 18.3. The van der Waals surface area contributed by atoms with E-state index >= 15 is 0 Å². The van der Waals surface area contributed by atoms with E-state index < -0.39 is 77.5 Å². The molecule has 2 saturated carbocycles. The number of ketones is 2. The Labute approximate surface area is 670 Å². The molecule has 0 aromatic heterocycles. The Morgan fingerprint density at radius 3 is 0.927 bits per heavy atom. The zero-order valence-corrected chi connectivity index (χ0v) is 69.7. The molecule has 22 heteroatoms. The van der Waals surface area contributed by atoms with Crippen molar-refractivity contribution in [2.24, 2.45) is 0 Å². The molecule has 2 aliphatic carbocycles. The zero-order chi connectivity index (χ0) is 81.1. The number of unbranched alkanes of at least 4 members (excludes halogenated alkanes) is 32. The van der Waals surface area contributed by atoms with E-state index in [0.717, 1.165) is 127 Å². The third kappa shape index (κ3) is 50.0. The Balaban J connectivity index is 0.000000788. The van der Waals surface area contributed by atoms with Crippen LogP contribution < -0.4 is 20.8 Å². The lowest BCUT2D eigenvalue weighted by atomic mass is 9.75. The molecule has 2 aliphatic rings. The van der Waals surface area contributed by atoms with Gasteiger partial charge in [0.25, 0.3) is 0 Å². The van der Waals surface area contributed by atoms with Gasteiger partial charge in [-0.2, -0.15) is 0 Å². The molecule has 2 N–H and O–H groups in total. The minimum absolute atomic E-state index is 0.237. The molecule has 0 bridgehead atoms. The fourth-order valence-electron chi connectivity index (χ4n) is 13.4. The highest BCUT2D eigenvalue weighted by atomic mass is 35.5. The summed E-state index contributed by atoms with van der Waals surface area (Å²) in [5.41, 5.74) is 0.723. The molecule has 20 nitrogen and oxygen atoms in total. The zero-order valence-electron chi connectivity index (χ0n) is 68.2. The predicted molar refractivity (Wildman–Crippen MR) is 431 cm³/mol. The van der Waals surface area contributed by atoms with E-state index in [2.05, 4.69) is 38.3 Å². The Bertz CT molecular complexity index is 2720. The van der Waals surface area contributed by atoms with Crippen LogP contribution in [0.4, 0.5) is 0 Å². The summed E-state index contributed by atoms with van der Waals surface area (Å²) >= 11 is 12.4. The Morgan fingerprint density at radius 2 is 0.664 bits per heavy atom. The lowest BCUT2D eigenvalue weighted by Gasteiger charge is -2.36. The van der Waals surface area contributed by atoms with Crippen LogP contribution in [0, 0.1) is 0 Å². The summed E-state index contributed by atoms with van der Waals surface area (Å²) in [5, 5.41) is 28.9. The van der Waals surface area contributed by atoms with Crippen LogP contribution in [0.5, 0.6) is 0 Å². The van der Waals surface area contributed by atoms with Crippen molar-refractivity contribution in [1.29, 1.82) is 0 Å². The summed E-state index contributed by atoms with van der Waals surface area (Å²) in [4.78, 5) is 118. The van der Waals surface area contributed by atoms with Crippen molar-refractivity contribution in [2.75, 3.05) is 40.5 Å². The second kappa shape index (κ2) is 67.3. The molecule has 2 aromatic rings. The summed E-state index contributed by atoms with van der Waals surface area (Å²) in [6, 6.07) is 15.2. The molecule has 0 radical (unpaired) electrons. The van der Waals surface area contributed by atoms with Crippen LogP contribution in [0.25, 0.3) is 0 Å². The first-order valence-electron chi connectivity index (χ1n) is 42.2. The lowest BCUT2D eigenvalue weighted by Crippen LogP contribution is -2.49. The number of carbonyl (C=O) groups excluding carboxylic acids is 10. The van der Waals surface area contributed by atoms with Crippen molar-refractivity contribution in [3.05, 3.63) is 81.9 Å². The van der Waals surface area contributed by atoms with Gasteiger partial charge in [-0.1, -0.05) is 306 Å². The topological polar surface area (TPSA) is 296 Å². The summed E-state index contributed by atoms with van der Waals surface area (Å²) in [6.45, 7) is 7.79. The van der Waals surface area contributed by atoms with Gasteiger partial charge in [-0.3, -0.25) is 33.6 Å². The molecule has 626 valence electrons. The number of carbonyl (C=O) groups is 10. The number of rotatable bonds is 59. The summed E-state index contributed by atoms with van der Waals surface area (Å²) in [5.74, 6) is -5.71. The summed E-state index contributed by atoms with van der Waals surface area (Å²) < 4.78 is 31.3. The number of ether oxygens (including phenoxy) is 6. The Kier molecular flexibility index (Phi) is 62.3. The second-order valence-electron chi connectivity index (χ2n) is 29.3. The summed E-state index contributed by atoms with van der Waals surface area (Å²) in [7, 11) is 3.68. The van der Waals surface area contributed by atoms with Crippen molar-refractivity contribution in [3.8, 4) is 0 Å². The number of nitrogens with one attached hydrogen (secondary N) is 2. The largest absolute Gasteiger partial charge is 0.550 e. The van der Waals surface area contributed by atoms with E-state index in [1.165, 1.54) is 154 Å². The van der Waals surface area contributed by atoms with Crippen LogP contribution in [-0.2, 0) is 87.4 Å². The maximum absolute atomic E-state index is 12.2. The SMILES string of the molecule is CCCCCCCCCCCC(=O)OCC(COC(=O)CCCCCCCCCCC)OC(=O)/C=C/C(=O)[O-].CCCCCCCCCCCC(=O)OCC(COC(=O)CCCCCCCCCCC)OC(=O)CCC(=O)[O-].CN[C@]1(c2ccccc2Cl)CCCCC1=O.CN[C@]1(c2ccccc2Cl)CCCCC1=O. The Hall–Kier alpha value is -6.22. The average Bonchev–Trinajstić information content (AvgIpc) is 0.785. The van der Waals surface area contributed by atoms with Gasteiger partial charge >= 0.3 is 35.8 Å². The number of carboxylic acids is 2. The minimum atomic E-state index is -1.54. The molecular weight excluding hydrogens is 1440 g/mol. The third-order valence-corrected chi connectivity index (χ3v) is 20.7. The van der Waals surface area contributed by atoms with Gasteiger partial charge in [0.15, 0.2) is 23.8 Å². The molecule has 0 unspecified atom stereocenters. The standard InChI is InChI=1S/C31H56O8.C31H54O8.2C13H16ClNO/c2*1-3-5-7-9-11-13-15-17-19-21-29(34)37-25-27(39-31(36)24-23-28(32)33)26-38-30(35)22-20-18-16-14-12-10-8-6-4-2;2*1-15-13(9-5-4-8-12(13)16)10-6-2-3-7-11(10)14/h27H,3-26H2,1-2H3,(H,32,33);23-24,27H,3-22,25-26H2,1-2H3,(H,32,33);2*2-3,6-7,15H,4-5,8-9H2,1H3/p-2/b;24-23+;;/t;;2*13-/m..00/s1. The number of benzene rings is 2. The second-order valence-corrected chi connectivity index (χ2v) is 30.1. The molecule has 110 heavy (non-hydrogen) atoms. The highest BCUT2D eigenvalue weighted by molar-refractivity contribution is 6.32. The van der Waals surface area contributed by atoms with Gasteiger partial charge in [-0.15, -0.1) is 0 Å². The van der Waals surface area contributed by atoms with E-state index in [0.29, 0.717) is 35.0 Å². The molecule has 2 atom stereocenters. The monoisotopic (exact) mass is 1580 g/mol. The number of hydrogen-bond acceptors (Lipinski definition) is 20. The quantitative estimate of drug-likeness (QED) is 0.0269. The van der Waals surface area contributed by atoms with Gasteiger partial charge in [0.05, 0.1) is 12.4 Å². The average molecular weight is 1580 g/mol. The normalized spacial score (nSPS) is 15.3. The first-order chi connectivity index (χ1) is 53.2. The fraction of sp³-hybridized carbons (Fsp3) is 0.727. The molecule has 0 spiro atoms. The van der Waals surface area contributed by atoms with E-state index in [1.807, 2.05) is 62.6 Å². The van der Waals surface area contributed by atoms with Crippen molar-refractivity contribution in [3.63, 3.8) is 0 Å². The molecular formula is C88H140Cl2N2O18-2. The molecule has 0 aliphatic heterocycles. The van der Waals surface area contributed by atoms with Gasteiger partial charge in [0.2, 0.25) is 0 Å². The number of hydrogen-bond donors (Lipinski definition) is 2. The lowest BCUT2D eigenvalue weighted by molar-refractivity contribution is -0.306. The minimum Gasteiger partial charge on any atom is -0.550 e. The Morgan fingerprint density at radius 1 is 0.382 bits per heavy atom. The first-order valence-corrected chi connectivity index (χ1v) is 43.0. The van der Waals surface area contributed by atoms with Crippen molar-refractivity contribution in [2.45, 2.75) is 372 Å². The molecule has 0 saturated heterocycles. The number of esters is 6. The molecule has 0 amide bonds. The van der Waals surface area contributed by atoms with Gasteiger partial charge < -0.3 is 58.9 Å². The number of halogens is 2. The summed E-state index contributed by atoms with van der Waals surface area (Å²) in [6.07, 6.45) is 47.6. The van der Waals surface area contributed by atoms with Crippen LogP contribution in [0.15, 0.2) is 60.7 Å². The van der Waals surface area contributed by atoms with Crippen LogP contribution in [0.2, 0.25) is 10.0 Å². The van der Waals surface area contributed by atoms with Crippen molar-refractivity contribution < 1.29 is 86.6 Å². The van der Waals surface area contributed by atoms with E-state index in [4.69, 9.17) is 51.6 Å². The van der Waals surface area contributed by atoms with Gasteiger partial charge in [0.1, 0.15) is 37.5 Å². The highest BCUT2D eigenvalue weighted by Crippen LogP contribution is 2.39. The van der Waals surface area contributed by atoms with E-state index in [1.54, 1.807) is 0 Å². The number of likely N-dealkylation sites (N-methyl/N-ethyl adjacent to an activating group) is 2. The smallest absolute Gasteiger partial charge is 0.331 e. The number of aliphatic carboxylic acids is 2. The van der Waals surface area contributed by atoms with Crippen molar-refractivity contribution in [1.82, 2.24) is 10.6 Å². The van der Waals surface area contributed by atoms with Crippen molar-refractivity contribution >= 4 is 82.5 Å². The highest BCUT2D eigenvalue weighted by Gasteiger charge is 2.42. The number of carboxylic acid groups (broad SMARTS) is 2. The van der Waals surface area contributed by atoms with E-state index in [-0.39, 0.29) is 70.1 Å². The van der Waals surface area contributed by atoms with Gasteiger partial charge in [-0.05, 0) is 101 Å². The van der Waals surface area contributed by atoms with Crippen LogP contribution in [0.3, 0.4) is 0 Å². The fourth-order valence-corrected chi connectivity index (χ4v) is 14.0. The molecule has 2 fully saturated rings. The van der Waals surface area contributed by atoms with Gasteiger partial charge in [0, 0.05) is 60.6 Å². The molecule has 0 heterocycles. The maximum atomic E-state index is 12.2. The number of Topliss-reactive ketones (excluding diaryl/α,β-unsaturated/α-hetero) is 2. The molecule has 4 rings (SSSR count). The van der Waals surface area contributed by atoms with Crippen LogP contribution in [-0.4, -0.2) is 112 Å². The van der Waals surface area contributed by atoms with Crippen LogP contribution >= 0.6 is 23.2 Å². The van der Waals surface area contributed by atoms with E-state index in [9.17, 15) is 58.2 Å². The first kappa shape index (κ1) is 102. The maximum Gasteiger partial charge on any atom is 0.331 e. The third-order valence-electron chi connectivity index (χ3n) is 20.0. The van der Waals surface area contributed by atoms with Gasteiger partial charge in [-0.25, -0.2) is 4.79 Å². The van der Waals surface area contributed by atoms with Crippen LogP contribution in [0.1, 0.15) is 360 Å². The molecule has 2 aromatic carbocycles.